The van der Waals surface area contributed by atoms with Crippen molar-refractivity contribution in [2.24, 2.45) is 0 Å². The topological polar surface area (TPSA) is 71.3 Å². The van der Waals surface area contributed by atoms with Gasteiger partial charge in [-0.2, -0.15) is 4.98 Å². The average molecular weight is 371 g/mol. The molecule has 0 fully saturated rings. The third-order valence-electron chi connectivity index (χ3n) is 3.85. The molecular weight excluding hydrogens is 352 g/mol. The molecule has 2 aromatic carbocycles. The van der Waals surface area contributed by atoms with Crippen LogP contribution in [-0.2, 0) is 13.1 Å². The van der Waals surface area contributed by atoms with Gasteiger partial charge in [0.2, 0.25) is 11.7 Å². The van der Waals surface area contributed by atoms with Crippen molar-refractivity contribution in [1.29, 1.82) is 0 Å². The number of carbonyl (C=O) groups is 1. The molecular formula is C19H19ClN4O2. The van der Waals surface area contributed by atoms with Crippen LogP contribution in [0.1, 0.15) is 21.8 Å². The lowest BCUT2D eigenvalue weighted by atomic mass is 10.1. The van der Waals surface area contributed by atoms with E-state index in [-0.39, 0.29) is 5.91 Å². The lowest BCUT2D eigenvalue weighted by molar-refractivity contribution is 0.0963. The van der Waals surface area contributed by atoms with E-state index in [0.29, 0.717) is 35.4 Å². The Bertz CT molecular complexity index is 893. The summed E-state index contributed by atoms with van der Waals surface area (Å²) in [6.07, 6.45) is 0. The SMILES string of the molecule is CNC(=O)c1ccc(CN(C)Cc2nc(-c3cccc(Cl)c3)no2)cc1. The van der Waals surface area contributed by atoms with Gasteiger partial charge >= 0.3 is 0 Å². The third kappa shape index (κ3) is 4.47. The standard InChI is InChI=1S/C19H19ClN4O2/c1-21-19(25)14-8-6-13(7-9-14)11-24(2)12-17-22-18(23-26-17)15-4-3-5-16(20)10-15/h3-10H,11-12H2,1-2H3,(H,21,25). The predicted molar refractivity (Wildman–Crippen MR) is 99.7 cm³/mol. The van der Waals surface area contributed by atoms with Gasteiger partial charge < -0.3 is 9.84 Å². The fourth-order valence-corrected chi connectivity index (χ4v) is 2.76. The normalized spacial score (nSPS) is 10.9. The van der Waals surface area contributed by atoms with Gasteiger partial charge in [-0.05, 0) is 36.9 Å². The van der Waals surface area contributed by atoms with Crippen LogP contribution >= 0.6 is 11.6 Å². The zero-order valence-electron chi connectivity index (χ0n) is 14.6. The maximum absolute atomic E-state index is 11.6. The van der Waals surface area contributed by atoms with E-state index in [1.54, 1.807) is 19.2 Å². The van der Waals surface area contributed by atoms with Crippen molar-refractivity contribution in [1.82, 2.24) is 20.4 Å². The van der Waals surface area contributed by atoms with E-state index in [1.165, 1.54) is 0 Å². The van der Waals surface area contributed by atoms with Gasteiger partial charge in [0.05, 0.1) is 6.54 Å². The summed E-state index contributed by atoms with van der Waals surface area (Å²) in [5, 5.41) is 7.25. The molecule has 6 nitrogen and oxygen atoms in total. The Balaban J connectivity index is 1.62. The fraction of sp³-hybridized carbons (Fsp3) is 0.211. The number of carbonyl (C=O) groups excluding carboxylic acids is 1. The summed E-state index contributed by atoms with van der Waals surface area (Å²) >= 11 is 6.00. The van der Waals surface area contributed by atoms with Crippen LogP contribution < -0.4 is 5.32 Å². The van der Waals surface area contributed by atoms with Crippen LogP contribution in [0.2, 0.25) is 5.02 Å². The van der Waals surface area contributed by atoms with Crippen LogP contribution in [0, 0.1) is 0 Å². The Morgan fingerprint density at radius 2 is 1.96 bits per heavy atom. The van der Waals surface area contributed by atoms with Gasteiger partial charge in [0.25, 0.3) is 5.91 Å². The van der Waals surface area contributed by atoms with Crippen molar-refractivity contribution >= 4 is 17.5 Å². The van der Waals surface area contributed by atoms with Gasteiger partial charge in [0, 0.05) is 29.7 Å². The van der Waals surface area contributed by atoms with Crippen LogP contribution in [0.5, 0.6) is 0 Å². The summed E-state index contributed by atoms with van der Waals surface area (Å²) in [4.78, 5) is 18.1. The quantitative estimate of drug-likeness (QED) is 0.720. The molecule has 1 heterocycles. The molecule has 0 aliphatic carbocycles. The molecule has 0 unspecified atom stereocenters. The zero-order chi connectivity index (χ0) is 18.5. The first-order chi connectivity index (χ1) is 12.5. The molecule has 0 atom stereocenters. The second kappa shape index (κ2) is 8.12. The molecule has 0 saturated heterocycles. The molecule has 0 aliphatic rings. The van der Waals surface area contributed by atoms with Gasteiger partial charge in [-0.3, -0.25) is 9.69 Å². The van der Waals surface area contributed by atoms with Gasteiger partial charge in [-0.25, -0.2) is 0 Å². The molecule has 1 amide bonds. The minimum atomic E-state index is -0.0932. The summed E-state index contributed by atoms with van der Waals surface area (Å²) < 4.78 is 5.33. The molecule has 3 aromatic rings. The molecule has 0 radical (unpaired) electrons. The van der Waals surface area contributed by atoms with E-state index in [1.807, 2.05) is 43.4 Å². The number of amides is 1. The fourth-order valence-electron chi connectivity index (χ4n) is 2.57. The largest absolute Gasteiger partial charge is 0.355 e. The lowest BCUT2D eigenvalue weighted by Crippen LogP contribution is -2.19. The summed E-state index contributed by atoms with van der Waals surface area (Å²) in [7, 11) is 3.59. The number of benzene rings is 2. The summed E-state index contributed by atoms with van der Waals surface area (Å²) in [5.74, 6) is 0.958. The smallest absolute Gasteiger partial charge is 0.251 e. The Kier molecular flexibility index (Phi) is 5.65. The summed E-state index contributed by atoms with van der Waals surface area (Å²) in [6, 6.07) is 14.8. The van der Waals surface area contributed by atoms with Crippen LogP contribution in [0.3, 0.4) is 0 Å². The van der Waals surface area contributed by atoms with Crippen molar-refractivity contribution in [3.63, 3.8) is 0 Å². The molecule has 7 heteroatoms. The molecule has 1 aromatic heterocycles. The number of hydrogen-bond donors (Lipinski definition) is 1. The van der Waals surface area contributed by atoms with Crippen LogP contribution in [0.4, 0.5) is 0 Å². The number of aromatic nitrogens is 2. The van der Waals surface area contributed by atoms with E-state index in [4.69, 9.17) is 16.1 Å². The first-order valence-electron chi connectivity index (χ1n) is 8.13. The van der Waals surface area contributed by atoms with Crippen molar-refractivity contribution in [3.8, 4) is 11.4 Å². The predicted octanol–water partition coefficient (Wildman–Crippen LogP) is 3.38. The first kappa shape index (κ1) is 18.1. The monoisotopic (exact) mass is 370 g/mol. The second-order valence-electron chi connectivity index (χ2n) is 5.97. The van der Waals surface area contributed by atoms with Crippen LogP contribution in [-0.4, -0.2) is 35.0 Å². The molecule has 0 saturated carbocycles. The number of hydrogen-bond acceptors (Lipinski definition) is 5. The highest BCUT2D eigenvalue weighted by atomic mass is 35.5. The van der Waals surface area contributed by atoms with Crippen LogP contribution in [0.15, 0.2) is 53.1 Å². The van der Waals surface area contributed by atoms with Gasteiger partial charge in [-0.1, -0.05) is 41.0 Å². The minimum absolute atomic E-state index is 0.0932. The Morgan fingerprint density at radius 1 is 1.19 bits per heavy atom. The van der Waals surface area contributed by atoms with E-state index >= 15 is 0 Å². The maximum atomic E-state index is 11.6. The van der Waals surface area contributed by atoms with Crippen molar-refractivity contribution in [3.05, 3.63) is 70.6 Å². The Morgan fingerprint density at radius 3 is 2.65 bits per heavy atom. The Hall–Kier alpha value is -2.70. The van der Waals surface area contributed by atoms with Crippen molar-refractivity contribution < 1.29 is 9.32 Å². The van der Waals surface area contributed by atoms with E-state index in [9.17, 15) is 4.79 Å². The summed E-state index contributed by atoms with van der Waals surface area (Å²) in [6.45, 7) is 1.22. The molecule has 0 aliphatic heterocycles. The molecule has 1 N–H and O–H groups in total. The highest BCUT2D eigenvalue weighted by Crippen LogP contribution is 2.20. The average Bonchev–Trinajstić information content (AvgIpc) is 3.10. The highest BCUT2D eigenvalue weighted by Gasteiger charge is 2.12. The number of nitrogens with zero attached hydrogens (tertiary/aromatic N) is 3. The molecule has 134 valence electrons. The summed E-state index contributed by atoms with van der Waals surface area (Å²) in [5.41, 5.74) is 2.55. The van der Waals surface area contributed by atoms with Crippen LogP contribution in [0.25, 0.3) is 11.4 Å². The number of nitrogens with one attached hydrogen (secondary N) is 1. The zero-order valence-corrected chi connectivity index (χ0v) is 15.3. The van der Waals surface area contributed by atoms with E-state index < -0.39 is 0 Å². The van der Waals surface area contributed by atoms with Crippen molar-refractivity contribution in [2.45, 2.75) is 13.1 Å². The van der Waals surface area contributed by atoms with Gasteiger partial charge in [0.15, 0.2) is 0 Å². The lowest BCUT2D eigenvalue weighted by Gasteiger charge is -2.14. The second-order valence-corrected chi connectivity index (χ2v) is 6.41. The molecule has 3 rings (SSSR count). The third-order valence-corrected chi connectivity index (χ3v) is 4.09. The van der Waals surface area contributed by atoms with E-state index in [0.717, 1.165) is 11.1 Å². The minimum Gasteiger partial charge on any atom is -0.355 e. The number of halogens is 1. The highest BCUT2D eigenvalue weighted by molar-refractivity contribution is 6.30. The maximum Gasteiger partial charge on any atom is 0.251 e. The molecule has 0 bridgehead atoms. The van der Waals surface area contributed by atoms with Gasteiger partial charge in [-0.15, -0.1) is 0 Å². The van der Waals surface area contributed by atoms with E-state index in [2.05, 4.69) is 20.4 Å². The Labute approximate surface area is 156 Å². The molecule has 26 heavy (non-hydrogen) atoms. The molecule has 0 spiro atoms. The first-order valence-corrected chi connectivity index (χ1v) is 8.51. The van der Waals surface area contributed by atoms with Gasteiger partial charge in [0.1, 0.15) is 0 Å². The number of rotatable bonds is 6. The van der Waals surface area contributed by atoms with Crippen molar-refractivity contribution in [2.75, 3.05) is 14.1 Å².